The minimum absolute atomic E-state index is 0.114. The van der Waals surface area contributed by atoms with Gasteiger partial charge in [0, 0.05) is 18.3 Å². The number of nitrogens with zero attached hydrogens (tertiary/aromatic N) is 1. The van der Waals surface area contributed by atoms with Crippen molar-refractivity contribution in [3.63, 3.8) is 0 Å². The molecular weight excluding hydrogens is 219 g/mol. The molecule has 0 saturated heterocycles. The topological polar surface area (TPSA) is 53.1 Å². The molecule has 1 aromatic rings. The summed E-state index contributed by atoms with van der Waals surface area (Å²) < 4.78 is 37.3. The lowest BCUT2D eigenvalue weighted by Crippen LogP contribution is -2.27. The molecule has 0 aliphatic heterocycles. The van der Waals surface area contributed by atoms with E-state index in [1.165, 1.54) is 18.0 Å². The van der Waals surface area contributed by atoms with E-state index >= 15 is 0 Å². The van der Waals surface area contributed by atoms with Gasteiger partial charge in [-0.2, -0.15) is 0 Å². The smallest absolute Gasteiger partial charge is 0.255 e. The normalized spacial score (nSPS) is 10.6. The van der Waals surface area contributed by atoms with Crippen molar-refractivity contribution < 1.29 is 13.2 Å². The highest BCUT2D eigenvalue weighted by Gasteiger charge is 2.14. The van der Waals surface area contributed by atoms with E-state index in [9.17, 15) is 13.2 Å². The van der Waals surface area contributed by atoms with Crippen LogP contribution < -0.4 is 10.6 Å². The molecule has 1 rings (SSSR count). The average molecular weight is 231 g/mol. The Morgan fingerprint density at radius 3 is 2.62 bits per heavy atom. The van der Waals surface area contributed by atoms with Crippen LogP contribution in [0.2, 0.25) is 0 Å². The predicted octanol–water partition coefficient (Wildman–Crippen LogP) is 1.81. The van der Waals surface area contributed by atoms with Crippen molar-refractivity contribution >= 4 is 11.5 Å². The van der Waals surface area contributed by atoms with Crippen LogP contribution in [0.5, 0.6) is 0 Å². The van der Waals surface area contributed by atoms with Gasteiger partial charge in [0.05, 0.1) is 6.54 Å². The van der Waals surface area contributed by atoms with Crippen molar-refractivity contribution in [2.24, 2.45) is 5.73 Å². The second kappa shape index (κ2) is 4.87. The van der Waals surface area contributed by atoms with Gasteiger partial charge in [-0.1, -0.05) is 0 Å². The minimum Gasteiger partial charge on any atom is -0.384 e. The molecule has 0 atom stereocenters. The first-order valence-corrected chi connectivity index (χ1v) is 4.55. The van der Waals surface area contributed by atoms with E-state index in [-0.39, 0.29) is 11.4 Å². The van der Waals surface area contributed by atoms with Crippen molar-refractivity contribution in [1.82, 2.24) is 0 Å². The fraction of sp³-hybridized carbons (Fsp3) is 0.300. The maximum atomic E-state index is 12.9. The SMILES string of the molecule is CN(CC(F)F)c1ccc(F)cc1C(=N)N. The molecule has 3 nitrogen and oxygen atoms in total. The van der Waals surface area contributed by atoms with E-state index < -0.39 is 18.8 Å². The third-order valence-corrected chi connectivity index (χ3v) is 2.07. The Morgan fingerprint density at radius 1 is 1.50 bits per heavy atom. The minimum atomic E-state index is -2.50. The van der Waals surface area contributed by atoms with Gasteiger partial charge in [0.15, 0.2) is 0 Å². The first kappa shape index (κ1) is 12.4. The molecule has 0 fully saturated rings. The number of hydrogen-bond donors (Lipinski definition) is 2. The van der Waals surface area contributed by atoms with Crippen molar-refractivity contribution in [3.05, 3.63) is 29.6 Å². The first-order chi connectivity index (χ1) is 7.41. The van der Waals surface area contributed by atoms with E-state index in [1.54, 1.807) is 0 Å². The predicted molar refractivity (Wildman–Crippen MR) is 56.7 cm³/mol. The van der Waals surface area contributed by atoms with Gasteiger partial charge in [0.1, 0.15) is 11.7 Å². The molecule has 3 N–H and O–H groups in total. The molecule has 0 aliphatic carbocycles. The number of nitrogen functional groups attached to an aromatic ring is 1. The summed E-state index contributed by atoms with van der Waals surface area (Å²) in [4.78, 5) is 1.24. The zero-order valence-corrected chi connectivity index (χ0v) is 8.67. The molecule has 0 bridgehead atoms. The maximum Gasteiger partial charge on any atom is 0.255 e. The number of halogens is 3. The Morgan fingerprint density at radius 2 is 2.12 bits per heavy atom. The molecule has 0 amide bonds. The van der Waals surface area contributed by atoms with E-state index in [0.717, 1.165) is 12.1 Å². The van der Waals surface area contributed by atoms with Gasteiger partial charge in [-0.3, -0.25) is 5.41 Å². The monoisotopic (exact) mass is 231 g/mol. The van der Waals surface area contributed by atoms with Crippen LogP contribution in [0.4, 0.5) is 18.9 Å². The van der Waals surface area contributed by atoms with Crippen molar-refractivity contribution in [3.8, 4) is 0 Å². The Bertz CT molecular complexity index is 393. The largest absolute Gasteiger partial charge is 0.384 e. The highest BCUT2D eigenvalue weighted by molar-refractivity contribution is 6.00. The van der Waals surface area contributed by atoms with Crippen LogP contribution in [0, 0.1) is 11.2 Å². The fourth-order valence-corrected chi connectivity index (χ4v) is 1.36. The molecule has 0 aliphatic rings. The fourth-order valence-electron chi connectivity index (χ4n) is 1.36. The van der Waals surface area contributed by atoms with Crippen molar-refractivity contribution in [1.29, 1.82) is 5.41 Å². The number of hydrogen-bond acceptors (Lipinski definition) is 2. The number of nitrogens with two attached hydrogens (primary N) is 1. The number of anilines is 1. The molecule has 0 aromatic heterocycles. The molecule has 1 aromatic carbocycles. The van der Waals surface area contributed by atoms with Crippen LogP contribution in [0.15, 0.2) is 18.2 Å². The van der Waals surface area contributed by atoms with Gasteiger partial charge < -0.3 is 10.6 Å². The van der Waals surface area contributed by atoms with Crippen LogP contribution in [0.25, 0.3) is 0 Å². The number of rotatable bonds is 4. The molecule has 0 spiro atoms. The highest BCUT2D eigenvalue weighted by atomic mass is 19.3. The van der Waals surface area contributed by atoms with E-state index in [2.05, 4.69) is 0 Å². The van der Waals surface area contributed by atoms with Gasteiger partial charge in [0.2, 0.25) is 0 Å². The number of nitrogens with one attached hydrogen (secondary N) is 1. The summed E-state index contributed by atoms with van der Waals surface area (Å²) in [5, 5.41) is 7.25. The Hall–Kier alpha value is -1.72. The summed E-state index contributed by atoms with van der Waals surface area (Å²) >= 11 is 0. The van der Waals surface area contributed by atoms with Gasteiger partial charge in [-0.25, -0.2) is 13.2 Å². The second-order valence-electron chi connectivity index (χ2n) is 3.35. The lowest BCUT2D eigenvalue weighted by atomic mass is 10.1. The quantitative estimate of drug-likeness (QED) is 0.613. The molecule has 0 saturated carbocycles. The molecule has 0 radical (unpaired) electrons. The van der Waals surface area contributed by atoms with Crippen molar-refractivity contribution in [2.75, 3.05) is 18.5 Å². The van der Waals surface area contributed by atoms with Crippen LogP contribution in [0.1, 0.15) is 5.56 Å². The number of benzene rings is 1. The maximum absolute atomic E-state index is 12.9. The lowest BCUT2D eigenvalue weighted by Gasteiger charge is -2.21. The third kappa shape index (κ3) is 2.88. The number of amidine groups is 1. The summed E-state index contributed by atoms with van der Waals surface area (Å²) in [7, 11) is 1.44. The standard InChI is InChI=1S/C10H12F3N3/c1-16(5-9(12)13)8-3-2-6(11)4-7(8)10(14)15/h2-4,9H,5H2,1H3,(H3,14,15). The molecular formula is C10H12F3N3. The summed E-state index contributed by atoms with van der Waals surface area (Å²) in [5.74, 6) is -0.907. The molecule has 0 heterocycles. The summed E-state index contributed by atoms with van der Waals surface area (Å²) in [6.07, 6.45) is -2.50. The molecule has 88 valence electrons. The summed E-state index contributed by atoms with van der Waals surface area (Å²) in [5.41, 5.74) is 5.68. The highest BCUT2D eigenvalue weighted by Crippen LogP contribution is 2.20. The lowest BCUT2D eigenvalue weighted by molar-refractivity contribution is 0.156. The molecule has 6 heteroatoms. The number of alkyl halides is 2. The van der Waals surface area contributed by atoms with Crippen LogP contribution in [0.3, 0.4) is 0 Å². The Labute approximate surface area is 91.2 Å². The zero-order valence-electron chi connectivity index (χ0n) is 8.67. The summed E-state index contributed by atoms with van der Waals surface area (Å²) in [6.45, 7) is -0.494. The first-order valence-electron chi connectivity index (χ1n) is 4.55. The molecule has 16 heavy (non-hydrogen) atoms. The van der Waals surface area contributed by atoms with E-state index in [0.29, 0.717) is 5.69 Å². The van der Waals surface area contributed by atoms with Gasteiger partial charge >= 0.3 is 0 Å². The third-order valence-electron chi connectivity index (χ3n) is 2.07. The second-order valence-corrected chi connectivity index (χ2v) is 3.35. The Balaban J connectivity index is 3.07. The van der Waals surface area contributed by atoms with Crippen LogP contribution in [-0.4, -0.2) is 25.9 Å². The Kier molecular flexibility index (Phi) is 3.76. The van der Waals surface area contributed by atoms with Crippen molar-refractivity contribution in [2.45, 2.75) is 6.43 Å². The van der Waals surface area contributed by atoms with Gasteiger partial charge in [0.25, 0.3) is 6.43 Å². The van der Waals surface area contributed by atoms with Gasteiger partial charge in [-0.05, 0) is 18.2 Å². The van der Waals surface area contributed by atoms with Gasteiger partial charge in [-0.15, -0.1) is 0 Å². The average Bonchev–Trinajstić information content (AvgIpc) is 2.16. The van der Waals surface area contributed by atoms with Crippen LogP contribution >= 0.6 is 0 Å². The van der Waals surface area contributed by atoms with Crippen LogP contribution in [-0.2, 0) is 0 Å². The van der Waals surface area contributed by atoms with E-state index in [4.69, 9.17) is 11.1 Å². The zero-order chi connectivity index (χ0) is 12.3. The van der Waals surface area contributed by atoms with E-state index in [1.807, 2.05) is 0 Å². The summed E-state index contributed by atoms with van der Waals surface area (Å²) in [6, 6.07) is 3.53. The molecule has 0 unspecified atom stereocenters.